The highest BCUT2D eigenvalue weighted by Gasteiger charge is 2.31. The van der Waals surface area contributed by atoms with Gasteiger partial charge in [0.25, 0.3) is 5.69 Å². The van der Waals surface area contributed by atoms with E-state index in [9.17, 15) is 14.9 Å². The molecule has 2 aliphatic rings. The van der Waals surface area contributed by atoms with Crippen molar-refractivity contribution in [1.29, 1.82) is 0 Å². The number of benzene rings is 1. The third-order valence-electron chi connectivity index (χ3n) is 5.64. The molecule has 1 heterocycles. The van der Waals surface area contributed by atoms with Crippen LogP contribution < -0.4 is 0 Å². The van der Waals surface area contributed by atoms with Crippen LogP contribution in [0.15, 0.2) is 17.1 Å². The minimum atomic E-state index is -0.347. The highest BCUT2D eigenvalue weighted by Crippen LogP contribution is 2.33. The molecule has 0 amide bonds. The molecule has 3 rings (SSSR count). The van der Waals surface area contributed by atoms with Crippen molar-refractivity contribution in [2.75, 3.05) is 0 Å². The molecule has 1 aliphatic carbocycles. The molecule has 26 heavy (non-hydrogen) atoms. The quantitative estimate of drug-likeness (QED) is 0.435. The van der Waals surface area contributed by atoms with Gasteiger partial charge < -0.3 is 0 Å². The van der Waals surface area contributed by atoms with Gasteiger partial charge in [-0.2, -0.15) is 0 Å². The maximum absolute atomic E-state index is 12.9. The highest BCUT2D eigenvalue weighted by atomic mass is 16.6. The fraction of sp³-hybridized carbons (Fsp3) is 0.619. The van der Waals surface area contributed by atoms with Crippen molar-refractivity contribution in [3.8, 4) is 0 Å². The van der Waals surface area contributed by atoms with Crippen molar-refractivity contribution in [3.63, 3.8) is 0 Å². The Bertz CT molecular complexity index is 757. The summed E-state index contributed by atoms with van der Waals surface area (Å²) in [6.45, 7) is 5.89. The summed E-state index contributed by atoms with van der Waals surface area (Å²) in [6.07, 6.45) is 7.64. The molecule has 1 aromatic rings. The molecule has 0 atom stereocenters. The molecule has 5 nitrogen and oxygen atoms in total. The van der Waals surface area contributed by atoms with Crippen LogP contribution in [0.2, 0.25) is 0 Å². The molecule has 0 bridgehead atoms. The van der Waals surface area contributed by atoms with E-state index >= 15 is 0 Å². The molecule has 0 spiro atoms. The van der Waals surface area contributed by atoms with Gasteiger partial charge in [0.2, 0.25) is 0 Å². The molecular formula is C21H28N2O3. The lowest BCUT2D eigenvalue weighted by Crippen LogP contribution is -2.31. The van der Waals surface area contributed by atoms with Gasteiger partial charge in [-0.05, 0) is 51.7 Å². The third-order valence-corrected chi connectivity index (χ3v) is 5.64. The number of hydrogen-bond donors (Lipinski definition) is 0. The Balaban J connectivity index is 1.93. The number of nitro groups is 1. The summed E-state index contributed by atoms with van der Waals surface area (Å²) in [5, 5.41) is 11.3. The van der Waals surface area contributed by atoms with Crippen molar-refractivity contribution in [2.45, 2.75) is 77.7 Å². The van der Waals surface area contributed by atoms with Gasteiger partial charge in [-0.25, -0.2) is 0 Å². The molecule has 1 aliphatic heterocycles. The zero-order chi connectivity index (χ0) is 18.9. The van der Waals surface area contributed by atoms with Crippen molar-refractivity contribution in [1.82, 2.24) is 0 Å². The molecule has 0 saturated heterocycles. The van der Waals surface area contributed by atoms with E-state index in [0.717, 1.165) is 48.9 Å². The smallest absolute Gasteiger partial charge is 0.272 e. The molecule has 0 unspecified atom stereocenters. The van der Waals surface area contributed by atoms with Crippen molar-refractivity contribution in [3.05, 3.63) is 38.9 Å². The largest absolute Gasteiger partial charge is 0.299 e. The molecule has 1 aromatic carbocycles. The van der Waals surface area contributed by atoms with Crippen LogP contribution in [0, 0.1) is 23.0 Å². The van der Waals surface area contributed by atoms with Crippen LogP contribution in [0.1, 0.15) is 75.5 Å². The minimum Gasteiger partial charge on any atom is -0.299 e. The lowest BCUT2D eigenvalue weighted by Gasteiger charge is -2.29. The van der Waals surface area contributed by atoms with Crippen molar-refractivity contribution >= 4 is 17.2 Å². The Labute approximate surface area is 155 Å². The van der Waals surface area contributed by atoms with Crippen LogP contribution in [-0.4, -0.2) is 22.0 Å². The third kappa shape index (κ3) is 4.02. The predicted molar refractivity (Wildman–Crippen MR) is 103 cm³/mol. The summed E-state index contributed by atoms with van der Waals surface area (Å²) in [6, 6.07) is 3.53. The first kappa shape index (κ1) is 18.7. The number of hydrogen-bond acceptors (Lipinski definition) is 4. The first-order valence-corrected chi connectivity index (χ1v) is 9.66. The van der Waals surface area contributed by atoms with Crippen LogP contribution >= 0.6 is 0 Å². The van der Waals surface area contributed by atoms with Gasteiger partial charge in [0.1, 0.15) is 5.78 Å². The van der Waals surface area contributed by atoms with E-state index in [1.54, 1.807) is 13.0 Å². The predicted octanol–water partition coefficient (Wildman–Crippen LogP) is 4.96. The maximum atomic E-state index is 12.9. The van der Waals surface area contributed by atoms with Crippen LogP contribution in [0.4, 0.5) is 5.69 Å². The average molecular weight is 356 g/mol. The van der Waals surface area contributed by atoms with Gasteiger partial charge in [0.05, 0.1) is 16.2 Å². The molecule has 5 heteroatoms. The van der Waals surface area contributed by atoms with E-state index in [0.29, 0.717) is 12.0 Å². The number of rotatable bonds is 4. The van der Waals surface area contributed by atoms with Gasteiger partial charge in [-0.1, -0.05) is 25.7 Å². The first-order valence-electron chi connectivity index (χ1n) is 9.66. The first-order chi connectivity index (χ1) is 12.3. The second-order valence-corrected chi connectivity index (χ2v) is 8.43. The van der Waals surface area contributed by atoms with Crippen LogP contribution in [0.5, 0.6) is 0 Å². The zero-order valence-corrected chi connectivity index (χ0v) is 16.0. The van der Waals surface area contributed by atoms with E-state index < -0.39 is 0 Å². The highest BCUT2D eigenvalue weighted by molar-refractivity contribution is 6.13. The Hall–Kier alpha value is -2.04. The van der Waals surface area contributed by atoms with E-state index in [-0.39, 0.29) is 27.9 Å². The Morgan fingerprint density at radius 1 is 1.23 bits per heavy atom. The molecule has 0 N–H and O–H groups in total. The summed E-state index contributed by atoms with van der Waals surface area (Å²) in [5.74, 6) is 0.367. The summed E-state index contributed by atoms with van der Waals surface area (Å²) in [5.41, 5.74) is 3.09. The number of fused-ring (bicyclic) bond motifs is 1. The number of carbonyl (C=O) groups is 1. The molecule has 0 aromatic heterocycles. The normalized spacial score (nSPS) is 20.0. The Morgan fingerprint density at radius 3 is 2.50 bits per heavy atom. The number of carbonyl (C=O) groups excluding carboxylic acids is 1. The number of aryl methyl sites for hydroxylation is 1. The van der Waals surface area contributed by atoms with Crippen LogP contribution in [0.25, 0.3) is 0 Å². The standard InChI is InChI=1S/C21H28N2O3/c1-14-10-16-13-21(2,3)22-18(17(16)11-19(14)23(25)26)12-20(24)15-8-6-4-5-7-9-15/h10-11,15H,4-9,12-13H2,1-3H3. The van der Waals surface area contributed by atoms with E-state index in [4.69, 9.17) is 4.99 Å². The average Bonchev–Trinajstić information content (AvgIpc) is 2.82. The van der Waals surface area contributed by atoms with E-state index in [1.165, 1.54) is 12.8 Å². The summed E-state index contributed by atoms with van der Waals surface area (Å²) in [4.78, 5) is 28.7. The van der Waals surface area contributed by atoms with Gasteiger partial charge >= 0.3 is 0 Å². The van der Waals surface area contributed by atoms with Gasteiger partial charge in [0.15, 0.2) is 0 Å². The number of nitrogens with zero attached hydrogens (tertiary/aromatic N) is 2. The van der Waals surface area contributed by atoms with Gasteiger partial charge in [0, 0.05) is 29.5 Å². The van der Waals surface area contributed by atoms with Crippen LogP contribution in [-0.2, 0) is 11.2 Å². The SMILES string of the molecule is Cc1cc2c(cc1[N+](=O)[O-])C(CC(=O)C1CCCCCC1)=NC(C)(C)C2. The molecule has 140 valence electrons. The second-order valence-electron chi connectivity index (χ2n) is 8.43. The van der Waals surface area contributed by atoms with Gasteiger partial charge in [-0.15, -0.1) is 0 Å². The number of aliphatic imine (C=N–C) groups is 1. The molecule has 0 radical (unpaired) electrons. The van der Waals surface area contributed by atoms with E-state index in [1.807, 2.05) is 6.07 Å². The topological polar surface area (TPSA) is 72.6 Å². The minimum absolute atomic E-state index is 0.109. The fourth-order valence-corrected chi connectivity index (χ4v) is 4.34. The van der Waals surface area contributed by atoms with E-state index in [2.05, 4.69) is 13.8 Å². The molecular weight excluding hydrogens is 328 g/mol. The number of ketones is 1. The molecule has 1 saturated carbocycles. The lowest BCUT2D eigenvalue weighted by atomic mass is 9.83. The summed E-state index contributed by atoms with van der Waals surface area (Å²) >= 11 is 0. The zero-order valence-electron chi connectivity index (χ0n) is 16.0. The second kappa shape index (κ2) is 7.29. The monoisotopic (exact) mass is 356 g/mol. The maximum Gasteiger partial charge on any atom is 0.272 e. The van der Waals surface area contributed by atoms with Gasteiger partial charge in [-0.3, -0.25) is 19.9 Å². The number of Topliss-reactive ketones (excluding diaryl/α,β-unsaturated/α-hetero) is 1. The van der Waals surface area contributed by atoms with Crippen molar-refractivity contribution < 1.29 is 9.72 Å². The lowest BCUT2D eigenvalue weighted by molar-refractivity contribution is -0.385. The summed E-state index contributed by atoms with van der Waals surface area (Å²) in [7, 11) is 0. The number of nitro benzene ring substituents is 1. The van der Waals surface area contributed by atoms with Crippen molar-refractivity contribution in [2.24, 2.45) is 10.9 Å². The fourth-order valence-electron chi connectivity index (χ4n) is 4.34. The summed E-state index contributed by atoms with van der Waals surface area (Å²) < 4.78 is 0. The Morgan fingerprint density at radius 2 is 1.88 bits per heavy atom. The molecule has 1 fully saturated rings. The van der Waals surface area contributed by atoms with Crippen LogP contribution in [0.3, 0.4) is 0 Å². The Kier molecular flexibility index (Phi) is 5.26.